The predicted molar refractivity (Wildman–Crippen MR) is 124 cm³/mol. The summed E-state index contributed by atoms with van der Waals surface area (Å²) in [5.74, 6) is -0.210. The summed E-state index contributed by atoms with van der Waals surface area (Å²) in [4.78, 5) is 9.00. The summed E-state index contributed by atoms with van der Waals surface area (Å²) >= 11 is 5.79. The van der Waals surface area contributed by atoms with Crippen molar-refractivity contribution in [3.63, 3.8) is 0 Å². The first-order valence-corrected chi connectivity index (χ1v) is 10.2. The van der Waals surface area contributed by atoms with E-state index >= 15 is 0 Å². The van der Waals surface area contributed by atoms with Gasteiger partial charge in [0, 0.05) is 12.8 Å². The van der Waals surface area contributed by atoms with E-state index < -0.39 is 12.1 Å². The third-order valence-electron chi connectivity index (χ3n) is 3.76. The van der Waals surface area contributed by atoms with E-state index in [1.807, 2.05) is 0 Å². The summed E-state index contributed by atoms with van der Waals surface area (Å²) in [6.07, 6.45) is -0.954. The number of alkyl halides is 1. The zero-order valence-corrected chi connectivity index (χ0v) is 19.9. The Morgan fingerprint density at radius 3 is 1.27 bits per heavy atom. The van der Waals surface area contributed by atoms with E-state index in [-0.39, 0.29) is 13.2 Å². The van der Waals surface area contributed by atoms with E-state index in [1.165, 1.54) is 38.9 Å². The molecule has 2 rings (SSSR count). The molecule has 2 aromatic carbocycles. The maximum Gasteiger partial charge on any atom is 0.300 e. The minimum Gasteiger partial charge on any atom is -0.481 e. The first-order valence-electron chi connectivity index (χ1n) is 9.64. The highest BCUT2D eigenvalue weighted by molar-refractivity contribution is 6.17. The topological polar surface area (TPSA) is 98.0 Å². The number of rotatable bonds is 3. The molecule has 0 aliphatic rings. The van der Waals surface area contributed by atoms with Crippen LogP contribution in [0.25, 0.3) is 0 Å². The molecule has 2 aromatic rings. The fourth-order valence-electron chi connectivity index (χ4n) is 2.68. The fraction of sp³-hybridized carbons (Fsp3) is 0.458. The van der Waals surface area contributed by atoms with Crippen LogP contribution in [0.5, 0.6) is 0 Å². The molecular weight excluding hydrogens is 404 g/mol. The van der Waals surface area contributed by atoms with Gasteiger partial charge in [0.15, 0.2) is 0 Å². The second-order valence-electron chi connectivity index (χ2n) is 7.21. The molecule has 0 bridgehead atoms. The standard InChI is InChI=1S/C10H13Cl.C9H12.C3H8O3.C2H4O2/c1-7-4-8(2)10(6-11)9(3)5-7;1-7-4-8(2)6-9(3)5-7;4-1-3(6)2-5;1-2(3)4/h4-5H,6H2,1-3H3;4-6H,1-3H3;3-6H,1-2H2;1H3,(H,3,4). The molecule has 0 aliphatic carbocycles. The molecule has 4 N–H and O–H groups in total. The molecule has 0 heterocycles. The summed E-state index contributed by atoms with van der Waals surface area (Å²) < 4.78 is 0. The normalized spacial score (nSPS) is 9.47. The minimum atomic E-state index is -0.954. The number of carboxylic acid groups (broad SMARTS) is 1. The number of benzene rings is 2. The van der Waals surface area contributed by atoms with Crippen molar-refractivity contribution in [2.45, 2.75) is 60.5 Å². The van der Waals surface area contributed by atoms with Crippen LogP contribution in [0, 0.1) is 41.5 Å². The van der Waals surface area contributed by atoms with Gasteiger partial charge in [-0.25, -0.2) is 0 Å². The van der Waals surface area contributed by atoms with E-state index in [1.54, 1.807) is 0 Å². The first-order chi connectivity index (χ1) is 13.9. The van der Waals surface area contributed by atoms with Gasteiger partial charge in [-0.15, -0.1) is 11.6 Å². The zero-order chi connectivity index (χ0) is 23.9. The third-order valence-corrected chi connectivity index (χ3v) is 4.03. The summed E-state index contributed by atoms with van der Waals surface area (Å²) in [7, 11) is 0. The molecule has 5 nitrogen and oxygen atoms in total. The molecule has 6 heteroatoms. The number of aliphatic hydroxyl groups is 3. The highest BCUT2D eigenvalue weighted by Crippen LogP contribution is 2.17. The quantitative estimate of drug-likeness (QED) is 0.531. The Hall–Kier alpha value is -1.92. The number of hydrogen-bond donors (Lipinski definition) is 4. The highest BCUT2D eigenvalue weighted by Gasteiger charge is 2.00. The van der Waals surface area contributed by atoms with Crippen LogP contribution in [0.4, 0.5) is 0 Å². The summed E-state index contributed by atoms with van der Waals surface area (Å²) in [6.45, 7) is 13.1. The SMILES string of the molecule is CC(=O)O.Cc1cc(C)c(CCl)c(C)c1.Cc1cc(C)cc(C)c1.OCC(O)CO. The predicted octanol–water partition coefficient (Wildman–Crippen LogP) is 4.39. The first kappa shape index (κ1) is 30.3. The number of aliphatic carboxylic acids is 1. The lowest BCUT2D eigenvalue weighted by Crippen LogP contribution is -2.15. The maximum absolute atomic E-state index is 9.00. The van der Waals surface area contributed by atoms with Crippen LogP contribution in [0.3, 0.4) is 0 Å². The number of aliphatic hydroxyl groups excluding tert-OH is 3. The van der Waals surface area contributed by atoms with Crippen LogP contribution in [0.15, 0.2) is 30.3 Å². The Morgan fingerprint density at radius 2 is 1.07 bits per heavy atom. The molecule has 0 aliphatic heterocycles. The second-order valence-corrected chi connectivity index (χ2v) is 7.48. The van der Waals surface area contributed by atoms with Crippen LogP contribution in [0.1, 0.15) is 45.9 Å². The van der Waals surface area contributed by atoms with Crippen molar-refractivity contribution in [3.05, 3.63) is 69.3 Å². The number of aryl methyl sites for hydroxylation is 6. The molecule has 0 amide bonds. The molecule has 0 spiro atoms. The van der Waals surface area contributed by atoms with Gasteiger partial charge in [-0.1, -0.05) is 52.6 Å². The molecule has 30 heavy (non-hydrogen) atoms. The molecule has 0 radical (unpaired) electrons. The van der Waals surface area contributed by atoms with E-state index in [9.17, 15) is 0 Å². The summed E-state index contributed by atoms with van der Waals surface area (Å²) in [5, 5.41) is 31.4. The molecule has 0 saturated carbocycles. The van der Waals surface area contributed by atoms with Gasteiger partial charge < -0.3 is 20.4 Å². The van der Waals surface area contributed by atoms with Crippen molar-refractivity contribution in [2.75, 3.05) is 13.2 Å². The Kier molecular flexibility index (Phi) is 17.0. The van der Waals surface area contributed by atoms with Crippen LogP contribution < -0.4 is 0 Å². The summed E-state index contributed by atoms with van der Waals surface area (Å²) in [6, 6.07) is 10.9. The maximum atomic E-state index is 9.00. The Morgan fingerprint density at radius 1 is 0.800 bits per heavy atom. The monoisotopic (exact) mass is 440 g/mol. The number of hydrogen-bond acceptors (Lipinski definition) is 4. The average Bonchev–Trinajstić information content (AvgIpc) is 2.60. The van der Waals surface area contributed by atoms with Gasteiger partial charge in [-0.3, -0.25) is 4.79 Å². The van der Waals surface area contributed by atoms with Gasteiger partial charge in [0.05, 0.1) is 13.2 Å². The van der Waals surface area contributed by atoms with Crippen LogP contribution in [-0.4, -0.2) is 45.7 Å². The molecule has 0 fully saturated rings. The van der Waals surface area contributed by atoms with Crippen LogP contribution in [-0.2, 0) is 10.7 Å². The van der Waals surface area contributed by atoms with Crippen molar-refractivity contribution in [2.24, 2.45) is 0 Å². The van der Waals surface area contributed by atoms with Gasteiger partial charge in [0.25, 0.3) is 5.97 Å². The van der Waals surface area contributed by atoms with E-state index in [0.717, 1.165) is 6.92 Å². The average molecular weight is 441 g/mol. The Labute approximate surface area is 186 Å². The van der Waals surface area contributed by atoms with Crippen molar-refractivity contribution < 1.29 is 25.2 Å². The van der Waals surface area contributed by atoms with Crippen LogP contribution in [0.2, 0.25) is 0 Å². The number of carbonyl (C=O) groups is 1. The minimum absolute atomic E-state index is 0.365. The molecule has 0 aromatic heterocycles. The third kappa shape index (κ3) is 15.9. The number of carboxylic acids is 1. The largest absolute Gasteiger partial charge is 0.481 e. The lowest BCUT2D eigenvalue weighted by atomic mass is 10.0. The van der Waals surface area contributed by atoms with Gasteiger partial charge >= 0.3 is 0 Å². The van der Waals surface area contributed by atoms with Crippen molar-refractivity contribution in [1.82, 2.24) is 0 Å². The number of halogens is 1. The second kappa shape index (κ2) is 16.8. The molecule has 0 atom stereocenters. The highest BCUT2D eigenvalue weighted by atomic mass is 35.5. The zero-order valence-electron chi connectivity index (χ0n) is 19.2. The van der Waals surface area contributed by atoms with Crippen molar-refractivity contribution >= 4 is 17.6 Å². The van der Waals surface area contributed by atoms with Crippen molar-refractivity contribution in [1.29, 1.82) is 0 Å². The van der Waals surface area contributed by atoms with E-state index in [4.69, 9.17) is 36.8 Å². The Balaban J connectivity index is 0. The fourth-order valence-corrected chi connectivity index (χ4v) is 3.10. The van der Waals surface area contributed by atoms with Gasteiger partial charge in [0.1, 0.15) is 6.10 Å². The van der Waals surface area contributed by atoms with Crippen LogP contribution >= 0.6 is 11.6 Å². The van der Waals surface area contributed by atoms with Gasteiger partial charge in [-0.05, 0) is 58.2 Å². The molecule has 170 valence electrons. The van der Waals surface area contributed by atoms with Gasteiger partial charge in [0.2, 0.25) is 0 Å². The van der Waals surface area contributed by atoms with Gasteiger partial charge in [-0.2, -0.15) is 0 Å². The van der Waals surface area contributed by atoms with Crippen molar-refractivity contribution in [3.8, 4) is 0 Å². The van der Waals surface area contributed by atoms with E-state index in [0.29, 0.717) is 5.88 Å². The lowest BCUT2D eigenvalue weighted by molar-refractivity contribution is -0.134. The lowest BCUT2D eigenvalue weighted by Gasteiger charge is -2.07. The Bertz CT molecular complexity index is 678. The smallest absolute Gasteiger partial charge is 0.300 e. The molecular formula is C24H37ClO5. The van der Waals surface area contributed by atoms with E-state index in [2.05, 4.69) is 71.9 Å². The summed E-state index contributed by atoms with van der Waals surface area (Å²) in [5.41, 5.74) is 9.26. The molecule has 0 unspecified atom stereocenters. The molecule has 0 saturated heterocycles.